The van der Waals surface area contributed by atoms with Crippen LogP contribution in [0, 0.1) is 0 Å². The number of hydrogen-bond acceptors (Lipinski definition) is 3. The summed E-state index contributed by atoms with van der Waals surface area (Å²) in [4.78, 5) is 19.6. The highest BCUT2D eigenvalue weighted by Gasteiger charge is 2.37. The molecule has 0 radical (unpaired) electrons. The monoisotopic (exact) mass is 328 g/mol. The number of amides is 2. The normalized spacial score (nSPS) is 27.8. The van der Waals surface area contributed by atoms with Gasteiger partial charge in [-0.25, -0.2) is 4.79 Å². The highest BCUT2D eigenvalue weighted by atomic mass is 16.2. The molecule has 0 saturated carbocycles. The number of rotatable bonds is 2. The number of fused-ring (bicyclic) bond motifs is 1. The molecule has 0 aliphatic carbocycles. The van der Waals surface area contributed by atoms with E-state index in [1.807, 2.05) is 11.0 Å². The summed E-state index contributed by atoms with van der Waals surface area (Å²) < 4.78 is 0. The molecule has 3 aliphatic heterocycles. The lowest BCUT2D eigenvalue weighted by Gasteiger charge is -2.37. The van der Waals surface area contributed by atoms with Gasteiger partial charge in [-0.05, 0) is 37.9 Å². The van der Waals surface area contributed by atoms with Gasteiger partial charge in [0.1, 0.15) is 0 Å². The molecule has 5 nitrogen and oxygen atoms in total. The van der Waals surface area contributed by atoms with Gasteiger partial charge < -0.3 is 15.1 Å². The third-order valence-electron chi connectivity index (χ3n) is 5.85. The molecular formula is C19H28N4O. The van der Waals surface area contributed by atoms with Gasteiger partial charge in [-0.2, -0.15) is 0 Å². The smallest absolute Gasteiger partial charge is 0.317 e. The lowest BCUT2D eigenvalue weighted by atomic mass is 9.99. The van der Waals surface area contributed by atoms with Crippen LogP contribution in [-0.4, -0.2) is 67.2 Å². The Hall–Kier alpha value is -1.75. The maximum Gasteiger partial charge on any atom is 0.317 e. The number of piperidine rings is 1. The van der Waals surface area contributed by atoms with Crippen molar-refractivity contribution in [3.63, 3.8) is 0 Å². The second-order valence-corrected chi connectivity index (χ2v) is 7.25. The number of para-hydroxylation sites is 1. The average Bonchev–Trinajstić information content (AvgIpc) is 3.06. The van der Waals surface area contributed by atoms with Crippen LogP contribution in [-0.2, 0) is 0 Å². The van der Waals surface area contributed by atoms with E-state index in [0.29, 0.717) is 12.1 Å². The first-order valence-electron chi connectivity index (χ1n) is 9.41. The van der Waals surface area contributed by atoms with Crippen molar-refractivity contribution in [2.75, 3.05) is 44.2 Å². The van der Waals surface area contributed by atoms with Crippen LogP contribution in [0.2, 0.25) is 0 Å². The maximum absolute atomic E-state index is 12.6. The molecule has 24 heavy (non-hydrogen) atoms. The maximum atomic E-state index is 12.6. The van der Waals surface area contributed by atoms with Crippen LogP contribution < -0.4 is 10.2 Å². The fourth-order valence-corrected chi connectivity index (χ4v) is 4.47. The van der Waals surface area contributed by atoms with Gasteiger partial charge in [0.05, 0.1) is 0 Å². The summed E-state index contributed by atoms with van der Waals surface area (Å²) in [5.74, 6) is 0. The van der Waals surface area contributed by atoms with Crippen molar-refractivity contribution in [2.45, 2.75) is 37.8 Å². The van der Waals surface area contributed by atoms with Crippen LogP contribution in [0.1, 0.15) is 25.7 Å². The molecule has 1 aromatic rings. The predicted octanol–water partition coefficient (Wildman–Crippen LogP) is 2.14. The molecule has 0 aromatic heterocycles. The van der Waals surface area contributed by atoms with E-state index in [1.54, 1.807) is 0 Å². The zero-order valence-corrected chi connectivity index (χ0v) is 14.4. The molecule has 3 fully saturated rings. The van der Waals surface area contributed by atoms with Crippen molar-refractivity contribution in [2.24, 2.45) is 0 Å². The van der Waals surface area contributed by atoms with Gasteiger partial charge in [-0.1, -0.05) is 24.6 Å². The van der Waals surface area contributed by atoms with E-state index in [2.05, 4.69) is 39.4 Å². The Balaban J connectivity index is 1.29. The van der Waals surface area contributed by atoms with Gasteiger partial charge in [-0.15, -0.1) is 0 Å². The Morgan fingerprint density at radius 3 is 2.50 bits per heavy atom. The average molecular weight is 328 g/mol. The summed E-state index contributed by atoms with van der Waals surface area (Å²) in [5.41, 5.74) is 1.26. The van der Waals surface area contributed by atoms with Crippen molar-refractivity contribution >= 4 is 11.7 Å². The van der Waals surface area contributed by atoms with Gasteiger partial charge in [0.25, 0.3) is 0 Å². The minimum absolute atomic E-state index is 0.139. The first-order valence-corrected chi connectivity index (χ1v) is 9.41. The quantitative estimate of drug-likeness (QED) is 0.904. The molecule has 2 atom stereocenters. The topological polar surface area (TPSA) is 38.8 Å². The fourth-order valence-electron chi connectivity index (χ4n) is 4.47. The summed E-state index contributed by atoms with van der Waals surface area (Å²) in [5, 5.41) is 3.33. The van der Waals surface area contributed by atoms with Crippen molar-refractivity contribution in [3.8, 4) is 0 Å². The van der Waals surface area contributed by atoms with Crippen LogP contribution >= 0.6 is 0 Å². The second-order valence-electron chi connectivity index (χ2n) is 7.25. The number of piperazine rings is 1. The molecule has 3 aliphatic rings. The van der Waals surface area contributed by atoms with E-state index in [9.17, 15) is 4.79 Å². The number of urea groups is 1. The van der Waals surface area contributed by atoms with E-state index in [0.717, 1.165) is 39.1 Å². The molecule has 4 rings (SSSR count). The molecular weight excluding hydrogens is 300 g/mol. The van der Waals surface area contributed by atoms with E-state index < -0.39 is 0 Å². The standard InChI is InChI=1S/C19H28N4O/c24-19(20-17-9-11-22-10-5-4-8-18(17)22)23-14-12-21(13-15-23)16-6-2-1-3-7-16/h1-3,6-7,17-18H,4-5,8-15H2,(H,20,24). The highest BCUT2D eigenvalue weighted by Crippen LogP contribution is 2.27. The number of carbonyl (C=O) groups is 1. The van der Waals surface area contributed by atoms with E-state index >= 15 is 0 Å². The molecule has 1 N–H and O–H groups in total. The van der Waals surface area contributed by atoms with Crippen LogP contribution in [0.15, 0.2) is 30.3 Å². The Bertz CT molecular complexity index is 556. The SMILES string of the molecule is O=C(NC1CCN2CCCCC12)N1CCN(c2ccccc2)CC1. The summed E-state index contributed by atoms with van der Waals surface area (Å²) in [7, 11) is 0. The minimum atomic E-state index is 0.139. The number of nitrogens with zero attached hydrogens (tertiary/aromatic N) is 3. The molecule has 2 amide bonds. The minimum Gasteiger partial charge on any atom is -0.368 e. The van der Waals surface area contributed by atoms with Crippen LogP contribution in [0.4, 0.5) is 10.5 Å². The van der Waals surface area contributed by atoms with Crippen LogP contribution in [0.5, 0.6) is 0 Å². The van der Waals surface area contributed by atoms with Crippen molar-refractivity contribution in [3.05, 3.63) is 30.3 Å². The molecule has 0 bridgehead atoms. The van der Waals surface area contributed by atoms with Gasteiger partial charge in [-0.3, -0.25) is 4.90 Å². The first-order chi connectivity index (χ1) is 11.8. The lowest BCUT2D eigenvalue weighted by molar-refractivity contribution is 0.166. The molecule has 3 heterocycles. The fraction of sp³-hybridized carbons (Fsp3) is 0.632. The summed E-state index contributed by atoms with van der Waals surface area (Å²) in [6.07, 6.45) is 4.98. The summed E-state index contributed by atoms with van der Waals surface area (Å²) in [6, 6.07) is 11.6. The van der Waals surface area contributed by atoms with Crippen LogP contribution in [0.25, 0.3) is 0 Å². The number of nitrogens with one attached hydrogen (secondary N) is 1. The zero-order chi connectivity index (χ0) is 16.4. The molecule has 2 unspecified atom stereocenters. The van der Waals surface area contributed by atoms with Gasteiger partial charge in [0.2, 0.25) is 0 Å². The van der Waals surface area contributed by atoms with E-state index in [1.165, 1.54) is 31.5 Å². The van der Waals surface area contributed by atoms with Crippen molar-refractivity contribution in [1.29, 1.82) is 0 Å². The molecule has 5 heteroatoms. The number of benzene rings is 1. The predicted molar refractivity (Wildman–Crippen MR) is 96.4 cm³/mol. The van der Waals surface area contributed by atoms with Crippen molar-refractivity contribution < 1.29 is 4.79 Å². The first kappa shape index (κ1) is 15.8. The van der Waals surface area contributed by atoms with Crippen LogP contribution in [0.3, 0.4) is 0 Å². The Kier molecular flexibility index (Phi) is 4.60. The van der Waals surface area contributed by atoms with E-state index in [-0.39, 0.29) is 6.03 Å². The molecule has 3 saturated heterocycles. The second kappa shape index (κ2) is 7.01. The Morgan fingerprint density at radius 1 is 0.917 bits per heavy atom. The van der Waals surface area contributed by atoms with Gasteiger partial charge in [0.15, 0.2) is 0 Å². The summed E-state index contributed by atoms with van der Waals surface area (Å²) >= 11 is 0. The molecule has 1 aromatic carbocycles. The molecule has 0 spiro atoms. The van der Waals surface area contributed by atoms with E-state index in [4.69, 9.17) is 0 Å². The Labute approximate surface area is 144 Å². The van der Waals surface area contributed by atoms with Gasteiger partial charge >= 0.3 is 6.03 Å². The number of carbonyl (C=O) groups excluding carboxylic acids is 1. The largest absolute Gasteiger partial charge is 0.368 e. The highest BCUT2D eigenvalue weighted by molar-refractivity contribution is 5.75. The zero-order valence-electron chi connectivity index (χ0n) is 14.4. The number of hydrogen-bond donors (Lipinski definition) is 1. The summed E-state index contributed by atoms with van der Waals surface area (Å²) in [6.45, 7) is 5.81. The van der Waals surface area contributed by atoms with Gasteiger partial charge in [0, 0.05) is 50.5 Å². The molecule has 130 valence electrons. The Morgan fingerprint density at radius 2 is 1.71 bits per heavy atom. The third kappa shape index (κ3) is 3.22. The third-order valence-corrected chi connectivity index (χ3v) is 5.85. The number of anilines is 1. The van der Waals surface area contributed by atoms with Crippen molar-refractivity contribution in [1.82, 2.24) is 15.1 Å². The lowest BCUT2D eigenvalue weighted by Crippen LogP contribution is -2.55.